The van der Waals surface area contributed by atoms with Crippen molar-refractivity contribution in [3.63, 3.8) is 0 Å². The second kappa shape index (κ2) is 5.83. The van der Waals surface area contributed by atoms with Gasteiger partial charge in [0.05, 0.1) is 5.69 Å². The minimum absolute atomic E-state index is 0.0175. The normalized spacial score (nSPS) is 10.1. The van der Waals surface area contributed by atoms with Crippen LogP contribution in [0.2, 0.25) is 0 Å². The monoisotopic (exact) mass is 277 g/mol. The van der Waals surface area contributed by atoms with Crippen molar-refractivity contribution >= 4 is 17.8 Å². The summed E-state index contributed by atoms with van der Waals surface area (Å²) in [5, 5.41) is 14.9. The average Bonchev–Trinajstić information content (AvgIpc) is 2.82. The van der Waals surface area contributed by atoms with Gasteiger partial charge in [-0.05, 0) is 19.1 Å². The fourth-order valence-corrected chi connectivity index (χ4v) is 1.41. The third-order valence-electron chi connectivity index (χ3n) is 2.22. The molecule has 20 heavy (non-hydrogen) atoms. The van der Waals surface area contributed by atoms with Gasteiger partial charge in [-0.2, -0.15) is 0 Å². The summed E-state index contributed by atoms with van der Waals surface area (Å²) in [6.45, 7) is 1.34. The first-order chi connectivity index (χ1) is 9.56. The summed E-state index contributed by atoms with van der Waals surface area (Å²) in [7, 11) is 0. The van der Waals surface area contributed by atoms with Crippen molar-refractivity contribution in [3.05, 3.63) is 35.8 Å². The number of hydrogen-bond donors (Lipinski definition) is 2. The number of carboxylic acid groups (broad SMARTS) is 1. The van der Waals surface area contributed by atoms with Gasteiger partial charge in [-0.25, -0.2) is 9.78 Å². The molecule has 0 bridgehead atoms. The van der Waals surface area contributed by atoms with Crippen LogP contribution in [0.1, 0.15) is 16.2 Å². The van der Waals surface area contributed by atoms with Gasteiger partial charge < -0.3 is 14.4 Å². The molecule has 0 radical (unpaired) electrons. The number of nitrogens with one attached hydrogen (secondary N) is 1. The SMILES string of the molecule is Cc1cc(NC(=O)COc2cccnc2C(=O)O)on1. The number of carboxylic acids is 1. The van der Waals surface area contributed by atoms with Gasteiger partial charge in [-0.15, -0.1) is 0 Å². The number of pyridine rings is 1. The molecule has 0 aliphatic heterocycles. The van der Waals surface area contributed by atoms with Crippen molar-refractivity contribution in [1.29, 1.82) is 0 Å². The molecule has 104 valence electrons. The van der Waals surface area contributed by atoms with Crippen molar-refractivity contribution in [1.82, 2.24) is 10.1 Å². The smallest absolute Gasteiger partial charge is 0.358 e. The van der Waals surface area contributed by atoms with Crippen molar-refractivity contribution in [2.24, 2.45) is 0 Å². The molecule has 0 aliphatic rings. The van der Waals surface area contributed by atoms with E-state index in [0.29, 0.717) is 5.69 Å². The van der Waals surface area contributed by atoms with Gasteiger partial charge in [0.1, 0.15) is 0 Å². The van der Waals surface area contributed by atoms with E-state index in [1.54, 1.807) is 13.0 Å². The van der Waals surface area contributed by atoms with Crippen molar-refractivity contribution < 1.29 is 24.0 Å². The van der Waals surface area contributed by atoms with Crippen molar-refractivity contribution in [2.75, 3.05) is 11.9 Å². The molecule has 0 saturated heterocycles. The maximum atomic E-state index is 11.6. The molecule has 2 aromatic rings. The largest absolute Gasteiger partial charge is 0.481 e. The number of amides is 1. The molecule has 2 aromatic heterocycles. The van der Waals surface area contributed by atoms with Crippen LogP contribution < -0.4 is 10.1 Å². The Morgan fingerprint density at radius 3 is 2.95 bits per heavy atom. The van der Waals surface area contributed by atoms with E-state index in [-0.39, 0.29) is 23.9 Å². The summed E-state index contributed by atoms with van der Waals surface area (Å²) < 4.78 is 9.93. The molecule has 0 unspecified atom stereocenters. The second-order valence-corrected chi connectivity index (χ2v) is 3.82. The number of anilines is 1. The van der Waals surface area contributed by atoms with Gasteiger partial charge in [-0.3, -0.25) is 10.1 Å². The van der Waals surface area contributed by atoms with Gasteiger partial charge in [0.2, 0.25) is 5.88 Å². The van der Waals surface area contributed by atoms with E-state index in [2.05, 4.69) is 15.5 Å². The maximum Gasteiger partial charge on any atom is 0.358 e. The van der Waals surface area contributed by atoms with Gasteiger partial charge >= 0.3 is 5.97 Å². The Kier molecular flexibility index (Phi) is 3.94. The molecule has 0 aromatic carbocycles. The highest BCUT2D eigenvalue weighted by Gasteiger charge is 2.14. The zero-order chi connectivity index (χ0) is 14.5. The van der Waals surface area contributed by atoms with Crippen LogP contribution >= 0.6 is 0 Å². The van der Waals surface area contributed by atoms with Crippen molar-refractivity contribution in [2.45, 2.75) is 6.92 Å². The lowest BCUT2D eigenvalue weighted by Crippen LogP contribution is -2.20. The predicted molar refractivity (Wildman–Crippen MR) is 66.6 cm³/mol. The molecule has 2 N–H and O–H groups in total. The summed E-state index contributed by atoms with van der Waals surface area (Å²) in [5.41, 5.74) is 0.373. The van der Waals surface area contributed by atoms with E-state index in [1.807, 2.05) is 0 Å². The van der Waals surface area contributed by atoms with Crippen LogP contribution in [0.3, 0.4) is 0 Å². The number of ether oxygens (including phenoxy) is 1. The van der Waals surface area contributed by atoms with E-state index >= 15 is 0 Å². The first kappa shape index (κ1) is 13.5. The molecule has 0 spiro atoms. The number of aromatic nitrogens is 2. The number of nitrogens with zero attached hydrogens (tertiary/aromatic N) is 2. The molecule has 2 heterocycles. The van der Waals surface area contributed by atoms with Crippen LogP contribution in [-0.2, 0) is 4.79 Å². The lowest BCUT2D eigenvalue weighted by atomic mass is 10.3. The Morgan fingerprint density at radius 1 is 1.50 bits per heavy atom. The predicted octanol–water partition coefficient (Wildman–Crippen LogP) is 1.09. The number of aryl methyl sites for hydroxylation is 1. The Labute approximate surface area is 113 Å². The number of aromatic carboxylic acids is 1. The van der Waals surface area contributed by atoms with Crippen molar-refractivity contribution in [3.8, 4) is 5.75 Å². The summed E-state index contributed by atoms with van der Waals surface area (Å²) in [4.78, 5) is 26.1. The van der Waals surface area contributed by atoms with Crippen LogP contribution in [-0.4, -0.2) is 33.7 Å². The maximum absolute atomic E-state index is 11.6. The number of carbonyl (C=O) groups is 2. The molecular formula is C12H11N3O5. The van der Waals surface area contributed by atoms with Crippen LogP contribution in [0, 0.1) is 6.92 Å². The molecular weight excluding hydrogens is 266 g/mol. The third kappa shape index (κ3) is 3.31. The molecule has 2 rings (SSSR count). The van der Waals surface area contributed by atoms with Crippen LogP contribution in [0.15, 0.2) is 28.9 Å². The molecule has 0 atom stereocenters. The average molecular weight is 277 g/mol. The van der Waals surface area contributed by atoms with E-state index in [4.69, 9.17) is 14.4 Å². The number of carbonyl (C=O) groups excluding carboxylic acids is 1. The lowest BCUT2D eigenvalue weighted by Gasteiger charge is -2.07. The Morgan fingerprint density at radius 2 is 2.30 bits per heavy atom. The number of hydrogen-bond acceptors (Lipinski definition) is 6. The Balaban J connectivity index is 1.95. The minimum atomic E-state index is -1.23. The first-order valence-electron chi connectivity index (χ1n) is 5.60. The van der Waals surface area contributed by atoms with Crippen LogP contribution in [0.25, 0.3) is 0 Å². The summed E-state index contributed by atoms with van der Waals surface area (Å²) in [6.07, 6.45) is 1.33. The van der Waals surface area contributed by atoms with Crippen LogP contribution in [0.4, 0.5) is 5.88 Å². The highest BCUT2D eigenvalue weighted by Crippen LogP contribution is 2.15. The zero-order valence-corrected chi connectivity index (χ0v) is 10.5. The quantitative estimate of drug-likeness (QED) is 0.840. The second-order valence-electron chi connectivity index (χ2n) is 3.82. The topological polar surface area (TPSA) is 115 Å². The lowest BCUT2D eigenvalue weighted by molar-refractivity contribution is -0.118. The standard InChI is InChI=1S/C12H11N3O5/c1-7-5-10(20-15-7)14-9(16)6-19-8-3-2-4-13-11(8)12(17)18/h2-5H,6H2,1H3,(H,14,16)(H,17,18). The molecule has 8 heteroatoms. The fourth-order valence-electron chi connectivity index (χ4n) is 1.41. The van der Waals surface area contributed by atoms with E-state index in [9.17, 15) is 9.59 Å². The molecule has 1 amide bonds. The Bertz CT molecular complexity index is 638. The molecule has 0 aliphatic carbocycles. The third-order valence-corrected chi connectivity index (χ3v) is 2.22. The first-order valence-corrected chi connectivity index (χ1v) is 5.60. The van der Waals surface area contributed by atoms with Gasteiger partial charge in [0.15, 0.2) is 18.1 Å². The van der Waals surface area contributed by atoms with Crippen LogP contribution in [0.5, 0.6) is 5.75 Å². The molecule has 0 saturated carbocycles. The van der Waals surface area contributed by atoms with Gasteiger partial charge in [-0.1, -0.05) is 5.16 Å². The summed E-state index contributed by atoms with van der Waals surface area (Å²) in [6, 6.07) is 4.48. The minimum Gasteiger partial charge on any atom is -0.481 e. The fraction of sp³-hybridized carbons (Fsp3) is 0.167. The van der Waals surface area contributed by atoms with E-state index in [1.165, 1.54) is 18.3 Å². The molecule has 8 nitrogen and oxygen atoms in total. The molecule has 0 fully saturated rings. The van der Waals surface area contributed by atoms with E-state index < -0.39 is 11.9 Å². The summed E-state index contributed by atoms with van der Waals surface area (Å²) >= 11 is 0. The van der Waals surface area contributed by atoms with Gasteiger partial charge in [0.25, 0.3) is 5.91 Å². The van der Waals surface area contributed by atoms with Gasteiger partial charge in [0, 0.05) is 12.3 Å². The zero-order valence-electron chi connectivity index (χ0n) is 10.5. The highest BCUT2D eigenvalue weighted by atomic mass is 16.5. The summed E-state index contributed by atoms with van der Waals surface area (Å²) in [5.74, 6) is -1.52. The Hall–Kier alpha value is -2.90. The number of rotatable bonds is 5. The highest BCUT2D eigenvalue weighted by molar-refractivity contribution is 5.91. The van der Waals surface area contributed by atoms with E-state index in [0.717, 1.165) is 0 Å².